The van der Waals surface area contributed by atoms with Crippen molar-refractivity contribution in [1.82, 2.24) is 0 Å². The Hall–Kier alpha value is -6.64. The minimum absolute atomic E-state index is 0.227. The molecule has 0 saturated heterocycles. The van der Waals surface area contributed by atoms with Gasteiger partial charge in [-0.3, -0.25) is 0 Å². The van der Waals surface area contributed by atoms with Crippen LogP contribution in [-0.4, -0.2) is 10.2 Å². The fourth-order valence-electron chi connectivity index (χ4n) is 7.97. The van der Waals surface area contributed by atoms with Gasteiger partial charge in [-0.15, -0.1) is 0 Å². The van der Waals surface area contributed by atoms with Crippen LogP contribution >= 0.6 is 0 Å². The molecule has 9 rings (SSSR count). The summed E-state index contributed by atoms with van der Waals surface area (Å²) in [5, 5.41) is 22.7. The van der Waals surface area contributed by atoms with Gasteiger partial charge >= 0.3 is 0 Å². The first-order valence-electron chi connectivity index (χ1n) is 17.3. The van der Waals surface area contributed by atoms with Crippen LogP contribution < -0.4 is 0 Å². The fraction of sp³-hybridized carbons (Fsp3) is 0.0204. The van der Waals surface area contributed by atoms with Crippen LogP contribution in [0.15, 0.2) is 194 Å². The average molecular weight is 655 g/mol. The molecule has 0 aromatic heterocycles. The molecular formula is C49H34O2. The molecule has 0 unspecified atom stereocenters. The number of rotatable bonds is 6. The first kappa shape index (κ1) is 30.4. The van der Waals surface area contributed by atoms with Crippen LogP contribution in [0.4, 0.5) is 0 Å². The number of hydrogen-bond acceptors (Lipinski definition) is 2. The lowest BCUT2D eigenvalue weighted by Gasteiger charge is -2.35. The maximum Gasteiger partial charge on any atom is 0.123 e. The number of hydrogen-bond donors (Lipinski definition) is 2. The number of aromatic hydroxyl groups is 2. The molecule has 2 heteroatoms. The molecule has 0 saturated carbocycles. The summed E-state index contributed by atoms with van der Waals surface area (Å²) in [6, 6.07) is 66.9. The third kappa shape index (κ3) is 5.04. The van der Waals surface area contributed by atoms with Gasteiger partial charge < -0.3 is 10.2 Å². The fourth-order valence-corrected chi connectivity index (χ4v) is 7.97. The molecule has 51 heavy (non-hydrogen) atoms. The molecule has 8 aromatic carbocycles. The Morgan fingerprint density at radius 3 is 1.00 bits per heavy atom. The maximum absolute atomic E-state index is 11.4. The summed E-state index contributed by atoms with van der Waals surface area (Å²) in [6.45, 7) is 0. The van der Waals surface area contributed by atoms with Gasteiger partial charge in [0.1, 0.15) is 11.5 Å². The highest BCUT2D eigenvalue weighted by Crippen LogP contribution is 2.58. The van der Waals surface area contributed by atoms with Gasteiger partial charge in [-0.25, -0.2) is 0 Å². The molecule has 2 N–H and O–H groups in total. The van der Waals surface area contributed by atoms with Crippen molar-refractivity contribution in [2.75, 3.05) is 0 Å². The lowest BCUT2D eigenvalue weighted by atomic mass is 9.66. The molecule has 0 radical (unpaired) electrons. The van der Waals surface area contributed by atoms with Crippen molar-refractivity contribution < 1.29 is 10.2 Å². The highest BCUT2D eigenvalue weighted by atomic mass is 16.3. The van der Waals surface area contributed by atoms with E-state index in [1.165, 1.54) is 0 Å². The van der Waals surface area contributed by atoms with Crippen LogP contribution in [0.3, 0.4) is 0 Å². The zero-order valence-corrected chi connectivity index (χ0v) is 27.9. The predicted molar refractivity (Wildman–Crippen MR) is 209 cm³/mol. The highest BCUT2D eigenvalue weighted by molar-refractivity contribution is 5.91. The van der Waals surface area contributed by atoms with E-state index in [-0.39, 0.29) is 11.5 Å². The van der Waals surface area contributed by atoms with Gasteiger partial charge in [-0.2, -0.15) is 0 Å². The summed E-state index contributed by atoms with van der Waals surface area (Å²) in [5.41, 5.74) is 13.8. The van der Waals surface area contributed by atoms with Crippen molar-refractivity contribution in [3.8, 4) is 67.1 Å². The first-order valence-corrected chi connectivity index (χ1v) is 17.3. The monoisotopic (exact) mass is 654 g/mol. The van der Waals surface area contributed by atoms with Crippen LogP contribution in [-0.2, 0) is 5.41 Å². The lowest BCUT2D eigenvalue weighted by molar-refractivity contribution is 0.477. The molecule has 0 aliphatic heterocycles. The van der Waals surface area contributed by atoms with Gasteiger partial charge in [0.25, 0.3) is 0 Å². The van der Waals surface area contributed by atoms with Crippen LogP contribution in [0, 0.1) is 0 Å². The minimum Gasteiger partial charge on any atom is -0.507 e. The summed E-state index contributed by atoms with van der Waals surface area (Å²) in [4.78, 5) is 0. The Morgan fingerprint density at radius 1 is 0.275 bits per heavy atom. The zero-order valence-electron chi connectivity index (χ0n) is 27.9. The zero-order chi connectivity index (χ0) is 34.4. The third-order valence-corrected chi connectivity index (χ3v) is 10.4. The van der Waals surface area contributed by atoms with E-state index in [2.05, 4.69) is 109 Å². The normalized spacial score (nSPS) is 12.6. The summed E-state index contributed by atoms with van der Waals surface area (Å²) >= 11 is 0. The van der Waals surface area contributed by atoms with Gasteiger partial charge in [0, 0.05) is 11.1 Å². The second kappa shape index (κ2) is 12.4. The Bertz CT molecular complexity index is 2340. The molecule has 1 aliphatic rings. The second-order valence-corrected chi connectivity index (χ2v) is 13.2. The lowest BCUT2D eigenvalue weighted by Crippen LogP contribution is -2.29. The Kier molecular flexibility index (Phi) is 7.37. The van der Waals surface area contributed by atoms with E-state index in [0.29, 0.717) is 0 Å². The van der Waals surface area contributed by atoms with E-state index in [0.717, 1.165) is 77.9 Å². The molecule has 8 aromatic rings. The van der Waals surface area contributed by atoms with Crippen molar-refractivity contribution in [3.63, 3.8) is 0 Å². The van der Waals surface area contributed by atoms with E-state index in [1.54, 1.807) is 0 Å². The van der Waals surface area contributed by atoms with Gasteiger partial charge in [-0.1, -0.05) is 158 Å². The number of phenolic OH excluding ortho intramolecular Hbond substituents is 2. The SMILES string of the molecule is Oc1ccc(C2(c3ccc(O)c(-c4ccccc4)c3)c3cc(-c4ccccc4)ccc3-c3ccc(-c4ccccc4)cc32)cc1-c1ccccc1. The van der Waals surface area contributed by atoms with Crippen molar-refractivity contribution in [1.29, 1.82) is 0 Å². The number of benzene rings is 8. The summed E-state index contributed by atoms with van der Waals surface area (Å²) < 4.78 is 0. The molecule has 2 nitrogen and oxygen atoms in total. The van der Waals surface area contributed by atoms with Crippen molar-refractivity contribution in [3.05, 3.63) is 216 Å². The Labute approximate surface area is 298 Å². The van der Waals surface area contributed by atoms with E-state index < -0.39 is 5.41 Å². The first-order chi connectivity index (χ1) is 25.1. The molecule has 0 spiro atoms. The summed E-state index contributed by atoms with van der Waals surface area (Å²) in [5.74, 6) is 0.454. The van der Waals surface area contributed by atoms with E-state index in [9.17, 15) is 10.2 Å². The van der Waals surface area contributed by atoms with Gasteiger partial charge in [0.05, 0.1) is 5.41 Å². The number of fused-ring (bicyclic) bond motifs is 3. The minimum atomic E-state index is -0.811. The maximum atomic E-state index is 11.4. The molecule has 0 heterocycles. The predicted octanol–water partition coefficient (Wildman–Crippen LogP) is 12.1. The van der Waals surface area contributed by atoms with Crippen LogP contribution in [0.2, 0.25) is 0 Å². The van der Waals surface area contributed by atoms with Crippen molar-refractivity contribution in [2.24, 2.45) is 0 Å². The van der Waals surface area contributed by atoms with E-state index in [4.69, 9.17) is 0 Å². The second-order valence-electron chi connectivity index (χ2n) is 13.2. The van der Waals surface area contributed by atoms with Gasteiger partial charge in [0.2, 0.25) is 0 Å². The van der Waals surface area contributed by atoms with Crippen LogP contribution in [0.5, 0.6) is 11.5 Å². The number of phenols is 2. The van der Waals surface area contributed by atoms with Gasteiger partial charge in [0.15, 0.2) is 0 Å². The van der Waals surface area contributed by atoms with Crippen LogP contribution in [0.25, 0.3) is 55.6 Å². The van der Waals surface area contributed by atoms with Crippen molar-refractivity contribution in [2.45, 2.75) is 5.41 Å². The highest BCUT2D eigenvalue weighted by Gasteiger charge is 2.47. The molecular weight excluding hydrogens is 621 g/mol. The van der Waals surface area contributed by atoms with Crippen LogP contribution in [0.1, 0.15) is 22.3 Å². The van der Waals surface area contributed by atoms with Crippen molar-refractivity contribution >= 4 is 0 Å². The van der Waals surface area contributed by atoms with E-state index >= 15 is 0 Å². The van der Waals surface area contributed by atoms with Gasteiger partial charge in [-0.05, 0) is 103 Å². The molecule has 0 amide bonds. The van der Waals surface area contributed by atoms with E-state index in [1.807, 2.05) is 84.9 Å². The summed E-state index contributed by atoms with van der Waals surface area (Å²) in [6.07, 6.45) is 0. The molecule has 0 bridgehead atoms. The largest absolute Gasteiger partial charge is 0.507 e. The molecule has 242 valence electrons. The topological polar surface area (TPSA) is 40.5 Å². The quantitative estimate of drug-likeness (QED) is 0.187. The standard InChI is InChI=1S/C49H34O2/c50-47-27-23-39(31-43(47)35-17-9-3-10-18-35)49(40-24-28-48(51)44(32-40)36-19-11-4-12-20-36)45-29-37(33-13-5-1-6-14-33)21-25-41(45)42-26-22-38(30-46(42)49)34-15-7-2-8-16-34/h1-32,50-51H. The third-order valence-electron chi connectivity index (χ3n) is 10.4. The Balaban J connectivity index is 1.42. The molecule has 1 aliphatic carbocycles. The average Bonchev–Trinajstić information content (AvgIpc) is 3.49. The Morgan fingerprint density at radius 2 is 0.627 bits per heavy atom. The summed E-state index contributed by atoms with van der Waals surface area (Å²) in [7, 11) is 0. The smallest absolute Gasteiger partial charge is 0.123 e. The molecule has 0 fully saturated rings. The molecule has 0 atom stereocenters.